The lowest BCUT2D eigenvalue weighted by molar-refractivity contribution is 0.282. The molecule has 0 aromatic heterocycles. The Hall–Kier alpha value is -1.73. The molecule has 0 aliphatic carbocycles. The number of aryl methyl sites for hydroxylation is 1. The van der Waals surface area contributed by atoms with Crippen LogP contribution in [0.4, 0.5) is 5.69 Å². The monoisotopic (exact) mass is 537 g/mol. The topological polar surface area (TPSA) is 30.5 Å². The Bertz CT molecular complexity index is 916. The molecule has 0 fully saturated rings. The Balaban J connectivity index is 1.73. The molecule has 0 saturated carbocycles. The molecule has 140 valence electrons. The maximum absolute atomic E-state index is 6.04. The molecule has 0 unspecified atom stereocenters. The lowest BCUT2D eigenvalue weighted by Gasteiger charge is -2.16. The van der Waals surface area contributed by atoms with Gasteiger partial charge in [0.25, 0.3) is 0 Å². The lowest BCUT2D eigenvalue weighted by Crippen LogP contribution is -2.04. The van der Waals surface area contributed by atoms with E-state index in [1.807, 2.05) is 30.3 Å². The highest BCUT2D eigenvalue weighted by molar-refractivity contribution is 14.1. The van der Waals surface area contributed by atoms with E-state index in [9.17, 15) is 0 Å². The summed E-state index contributed by atoms with van der Waals surface area (Å²) in [5.74, 6) is 1.53. The number of ether oxygens (including phenoxy) is 2. The summed E-state index contributed by atoms with van der Waals surface area (Å²) in [5, 5.41) is 3.49. The fourth-order valence-electron chi connectivity index (χ4n) is 2.77. The third-order valence-electron chi connectivity index (χ3n) is 4.19. The highest BCUT2D eigenvalue weighted by Crippen LogP contribution is 2.35. The highest BCUT2D eigenvalue weighted by Gasteiger charge is 2.12. The molecular weight excluding hydrogens is 517 g/mol. The Kier molecular flexibility index (Phi) is 7.01. The number of benzene rings is 3. The first-order chi connectivity index (χ1) is 13.1. The Labute approximate surface area is 182 Å². The molecule has 0 aliphatic rings. The second-order valence-electron chi connectivity index (χ2n) is 6.20. The normalized spacial score (nSPS) is 10.5. The number of methoxy groups -OCH3 is 1. The van der Waals surface area contributed by atoms with Gasteiger partial charge in [-0.2, -0.15) is 0 Å². The summed E-state index contributed by atoms with van der Waals surface area (Å²) < 4.78 is 13.7. The van der Waals surface area contributed by atoms with Gasteiger partial charge in [0.15, 0.2) is 11.5 Å². The first-order valence-corrected chi connectivity index (χ1v) is 10.5. The summed E-state index contributed by atoms with van der Waals surface area (Å²) in [6.07, 6.45) is 0. The zero-order valence-corrected chi connectivity index (χ0v) is 19.0. The van der Waals surface area contributed by atoms with Crippen molar-refractivity contribution in [2.45, 2.75) is 20.1 Å². The van der Waals surface area contributed by atoms with Crippen molar-refractivity contribution in [2.24, 2.45) is 0 Å². The average molecular weight is 538 g/mol. The van der Waals surface area contributed by atoms with Gasteiger partial charge in [-0.15, -0.1) is 0 Å². The molecule has 27 heavy (non-hydrogen) atoms. The number of hydrogen-bond acceptors (Lipinski definition) is 3. The summed E-state index contributed by atoms with van der Waals surface area (Å²) in [6, 6.07) is 20.5. The third kappa shape index (κ3) is 5.39. The van der Waals surface area contributed by atoms with Crippen LogP contribution in [0, 0.1) is 10.5 Å². The molecule has 0 atom stereocenters. The minimum Gasteiger partial charge on any atom is -0.493 e. The third-order valence-corrected chi connectivity index (χ3v) is 5.48. The van der Waals surface area contributed by atoms with Crippen molar-refractivity contribution in [3.8, 4) is 11.5 Å². The molecule has 0 bridgehead atoms. The number of hydrogen-bond donors (Lipinski definition) is 1. The quantitative estimate of drug-likeness (QED) is 0.346. The van der Waals surface area contributed by atoms with E-state index in [-0.39, 0.29) is 0 Å². The number of anilines is 1. The van der Waals surface area contributed by atoms with E-state index in [2.05, 4.69) is 81.1 Å². The maximum Gasteiger partial charge on any atom is 0.174 e. The number of nitrogens with one attached hydrogen (secondary N) is 1. The summed E-state index contributed by atoms with van der Waals surface area (Å²) in [5.41, 5.74) is 4.60. The van der Waals surface area contributed by atoms with Crippen molar-refractivity contribution in [2.75, 3.05) is 12.4 Å². The predicted octanol–water partition coefficient (Wildman–Crippen LogP) is 6.56. The van der Waals surface area contributed by atoms with Gasteiger partial charge in [-0.3, -0.25) is 0 Å². The SMILES string of the molecule is COc1cc(CNc2ccc(Br)cc2C)cc(I)c1OCc1ccccc1. The molecule has 0 spiro atoms. The molecule has 0 heterocycles. The van der Waals surface area contributed by atoms with Gasteiger partial charge in [0.2, 0.25) is 0 Å². The predicted molar refractivity (Wildman–Crippen MR) is 123 cm³/mol. The fourth-order valence-corrected chi connectivity index (χ4v) is 4.06. The zero-order valence-electron chi connectivity index (χ0n) is 15.3. The highest BCUT2D eigenvalue weighted by atomic mass is 127. The Morgan fingerprint density at radius 3 is 2.48 bits per heavy atom. The van der Waals surface area contributed by atoms with E-state index < -0.39 is 0 Å². The van der Waals surface area contributed by atoms with Gasteiger partial charge in [-0.25, -0.2) is 0 Å². The average Bonchev–Trinajstić information content (AvgIpc) is 2.67. The van der Waals surface area contributed by atoms with Crippen molar-refractivity contribution in [3.05, 3.63) is 85.4 Å². The van der Waals surface area contributed by atoms with Crippen LogP contribution in [0.15, 0.2) is 65.1 Å². The second kappa shape index (κ2) is 9.46. The zero-order chi connectivity index (χ0) is 19.2. The van der Waals surface area contributed by atoms with E-state index in [1.54, 1.807) is 7.11 Å². The van der Waals surface area contributed by atoms with Crippen LogP contribution in [0.5, 0.6) is 11.5 Å². The first-order valence-electron chi connectivity index (χ1n) is 8.60. The molecular formula is C22H21BrINO2. The molecule has 0 radical (unpaired) electrons. The van der Waals surface area contributed by atoms with Crippen LogP contribution in [-0.2, 0) is 13.2 Å². The molecule has 0 aliphatic heterocycles. The van der Waals surface area contributed by atoms with Gasteiger partial charge in [-0.1, -0.05) is 46.3 Å². The molecule has 5 heteroatoms. The summed E-state index contributed by atoms with van der Waals surface area (Å²) >= 11 is 5.81. The van der Waals surface area contributed by atoms with Gasteiger partial charge < -0.3 is 14.8 Å². The van der Waals surface area contributed by atoms with E-state index >= 15 is 0 Å². The van der Waals surface area contributed by atoms with Crippen LogP contribution >= 0.6 is 38.5 Å². The molecule has 3 aromatic carbocycles. The second-order valence-corrected chi connectivity index (χ2v) is 8.27. The summed E-state index contributed by atoms with van der Waals surface area (Å²) in [7, 11) is 1.68. The Morgan fingerprint density at radius 2 is 1.78 bits per heavy atom. The van der Waals surface area contributed by atoms with Crippen molar-refractivity contribution in [1.82, 2.24) is 0 Å². The van der Waals surface area contributed by atoms with Crippen LogP contribution in [-0.4, -0.2) is 7.11 Å². The molecule has 3 aromatic rings. The largest absolute Gasteiger partial charge is 0.493 e. The fraction of sp³-hybridized carbons (Fsp3) is 0.182. The summed E-state index contributed by atoms with van der Waals surface area (Å²) in [4.78, 5) is 0. The van der Waals surface area contributed by atoms with Gasteiger partial charge in [0.05, 0.1) is 10.7 Å². The van der Waals surface area contributed by atoms with Crippen molar-refractivity contribution in [1.29, 1.82) is 0 Å². The number of halogens is 2. The van der Waals surface area contributed by atoms with Gasteiger partial charge in [0, 0.05) is 16.7 Å². The van der Waals surface area contributed by atoms with Gasteiger partial charge in [0.1, 0.15) is 6.61 Å². The molecule has 0 amide bonds. The molecule has 0 saturated heterocycles. The molecule has 1 N–H and O–H groups in total. The molecule has 3 nitrogen and oxygen atoms in total. The Morgan fingerprint density at radius 1 is 1.00 bits per heavy atom. The van der Waals surface area contributed by atoms with Crippen LogP contribution in [0.1, 0.15) is 16.7 Å². The van der Waals surface area contributed by atoms with Crippen LogP contribution in [0.2, 0.25) is 0 Å². The standard InChI is InChI=1S/C22H21BrINO2/c1-15-10-18(23)8-9-20(15)25-13-17-11-19(24)22(21(12-17)26-2)27-14-16-6-4-3-5-7-16/h3-12,25H,13-14H2,1-2H3. The van der Waals surface area contributed by atoms with Crippen LogP contribution in [0.25, 0.3) is 0 Å². The van der Waals surface area contributed by atoms with E-state index in [0.29, 0.717) is 13.2 Å². The van der Waals surface area contributed by atoms with E-state index in [0.717, 1.165) is 36.4 Å². The molecule has 3 rings (SSSR count). The van der Waals surface area contributed by atoms with E-state index in [4.69, 9.17) is 9.47 Å². The van der Waals surface area contributed by atoms with Gasteiger partial charge >= 0.3 is 0 Å². The van der Waals surface area contributed by atoms with Crippen LogP contribution < -0.4 is 14.8 Å². The van der Waals surface area contributed by atoms with Crippen molar-refractivity contribution < 1.29 is 9.47 Å². The minimum absolute atomic E-state index is 0.517. The van der Waals surface area contributed by atoms with E-state index in [1.165, 1.54) is 5.56 Å². The van der Waals surface area contributed by atoms with Gasteiger partial charge in [-0.05, 0) is 76.5 Å². The minimum atomic E-state index is 0.517. The van der Waals surface area contributed by atoms with Crippen molar-refractivity contribution in [3.63, 3.8) is 0 Å². The summed E-state index contributed by atoms with van der Waals surface area (Å²) in [6.45, 7) is 3.33. The van der Waals surface area contributed by atoms with Crippen molar-refractivity contribution >= 4 is 44.2 Å². The number of rotatable bonds is 7. The maximum atomic E-state index is 6.04. The van der Waals surface area contributed by atoms with Crippen LogP contribution in [0.3, 0.4) is 0 Å². The lowest BCUT2D eigenvalue weighted by atomic mass is 10.1. The first kappa shape index (κ1) is 20.0. The smallest absolute Gasteiger partial charge is 0.174 e.